The second kappa shape index (κ2) is 5.57. The maximum absolute atomic E-state index is 12.4. The van der Waals surface area contributed by atoms with Crippen molar-refractivity contribution >= 4 is 17.5 Å². The van der Waals surface area contributed by atoms with Crippen LogP contribution in [0.2, 0.25) is 0 Å². The number of ether oxygens (including phenoxy) is 1. The molecular formula is C13H17ClN2O2. The Morgan fingerprint density at radius 3 is 3.06 bits per heavy atom. The van der Waals surface area contributed by atoms with Crippen molar-refractivity contribution in [3.63, 3.8) is 0 Å². The maximum atomic E-state index is 12.4. The second-order valence-corrected chi connectivity index (χ2v) is 5.00. The number of hydrogen-bond acceptors (Lipinski definition) is 3. The van der Waals surface area contributed by atoms with Crippen LogP contribution in [-0.2, 0) is 0 Å². The van der Waals surface area contributed by atoms with Gasteiger partial charge in [0.05, 0.1) is 6.54 Å². The molecule has 0 saturated heterocycles. The fourth-order valence-corrected chi connectivity index (χ4v) is 2.26. The number of carbonyl (C=O) groups excluding carboxylic acids is 1. The van der Waals surface area contributed by atoms with Gasteiger partial charge >= 0.3 is 0 Å². The van der Waals surface area contributed by atoms with E-state index in [0.717, 1.165) is 0 Å². The molecule has 5 heteroatoms. The molecule has 0 aliphatic carbocycles. The largest absolute Gasteiger partial charge is 0.472 e. The Bertz CT molecular complexity index is 437. The summed E-state index contributed by atoms with van der Waals surface area (Å²) in [6, 6.07) is 3.63. The van der Waals surface area contributed by atoms with Crippen molar-refractivity contribution in [3.8, 4) is 5.88 Å². The minimum Gasteiger partial charge on any atom is -0.472 e. The molecule has 2 heterocycles. The first kappa shape index (κ1) is 13.1. The van der Waals surface area contributed by atoms with Crippen molar-refractivity contribution < 1.29 is 9.53 Å². The molecule has 0 saturated carbocycles. The topological polar surface area (TPSA) is 42.4 Å². The van der Waals surface area contributed by atoms with Gasteiger partial charge in [-0.2, -0.15) is 0 Å². The fraction of sp³-hybridized carbons (Fsp3) is 0.538. The van der Waals surface area contributed by atoms with Crippen molar-refractivity contribution in [3.05, 3.63) is 23.9 Å². The number of halogens is 1. The number of carbonyl (C=O) groups is 1. The molecule has 0 aromatic carbocycles. The lowest BCUT2D eigenvalue weighted by Crippen LogP contribution is -2.41. The average Bonchev–Trinajstić information content (AvgIpc) is 2.48. The number of aromatic nitrogens is 1. The Morgan fingerprint density at radius 2 is 2.39 bits per heavy atom. The van der Waals surface area contributed by atoms with Crippen molar-refractivity contribution in [2.45, 2.75) is 32.4 Å². The van der Waals surface area contributed by atoms with Gasteiger partial charge in [-0.25, -0.2) is 4.98 Å². The summed E-state index contributed by atoms with van der Waals surface area (Å²) in [5, 5.41) is 0. The highest BCUT2D eigenvalue weighted by Gasteiger charge is 2.30. The van der Waals surface area contributed by atoms with E-state index in [1.54, 1.807) is 18.3 Å². The Morgan fingerprint density at radius 1 is 1.61 bits per heavy atom. The summed E-state index contributed by atoms with van der Waals surface area (Å²) in [5.74, 6) is 0.901. The zero-order chi connectivity index (χ0) is 13.1. The summed E-state index contributed by atoms with van der Waals surface area (Å²) in [6.07, 6.45) is 2.24. The first-order valence-electron chi connectivity index (χ1n) is 6.12. The van der Waals surface area contributed by atoms with E-state index in [1.807, 2.05) is 18.7 Å². The zero-order valence-corrected chi connectivity index (χ0v) is 11.4. The first-order chi connectivity index (χ1) is 8.63. The van der Waals surface area contributed by atoms with E-state index in [9.17, 15) is 4.79 Å². The van der Waals surface area contributed by atoms with E-state index in [-0.39, 0.29) is 18.1 Å². The van der Waals surface area contributed by atoms with Crippen LogP contribution in [0.4, 0.5) is 0 Å². The summed E-state index contributed by atoms with van der Waals surface area (Å²) in [7, 11) is 0. The monoisotopic (exact) mass is 268 g/mol. The summed E-state index contributed by atoms with van der Waals surface area (Å²) < 4.78 is 5.79. The number of nitrogens with zero attached hydrogens (tertiary/aromatic N) is 2. The molecule has 0 radical (unpaired) electrons. The number of alkyl halides is 1. The molecule has 1 amide bonds. The second-order valence-electron chi connectivity index (χ2n) is 4.62. The van der Waals surface area contributed by atoms with Crippen LogP contribution in [0.15, 0.2) is 18.3 Å². The molecule has 1 aliphatic rings. The molecule has 98 valence electrons. The standard InChI is InChI=1S/C13H17ClN2O2/c1-9(2)16-8-10(5-6-14)18-12-11(13(16)17)4-3-7-15-12/h3-4,7,9-10H,5-6,8H2,1-2H3. The highest BCUT2D eigenvalue weighted by atomic mass is 35.5. The number of pyridine rings is 1. The minimum absolute atomic E-state index is 0.0230. The van der Waals surface area contributed by atoms with Gasteiger partial charge in [-0.3, -0.25) is 4.79 Å². The maximum Gasteiger partial charge on any atom is 0.259 e. The first-order valence-corrected chi connectivity index (χ1v) is 6.65. The van der Waals surface area contributed by atoms with Gasteiger partial charge in [-0.05, 0) is 32.4 Å². The Kier molecular flexibility index (Phi) is 4.07. The summed E-state index contributed by atoms with van der Waals surface area (Å²) in [4.78, 5) is 18.4. The smallest absolute Gasteiger partial charge is 0.259 e. The third kappa shape index (κ3) is 2.58. The fourth-order valence-electron chi connectivity index (χ4n) is 2.02. The molecular weight excluding hydrogens is 252 g/mol. The molecule has 0 fully saturated rings. The SMILES string of the molecule is CC(C)N1CC(CCCl)Oc2ncccc2C1=O. The summed E-state index contributed by atoms with van der Waals surface area (Å²) in [5.41, 5.74) is 0.531. The van der Waals surface area contributed by atoms with Gasteiger partial charge in [0.15, 0.2) is 0 Å². The third-order valence-corrected chi connectivity index (χ3v) is 3.21. The van der Waals surface area contributed by atoms with Crippen LogP contribution >= 0.6 is 11.6 Å². The van der Waals surface area contributed by atoms with Gasteiger partial charge in [0.2, 0.25) is 5.88 Å². The highest BCUT2D eigenvalue weighted by Crippen LogP contribution is 2.24. The van der Waals surface area contributed by atoms with Crippen molar-refractivity contribution in [1.82, 2.24) is 9.88 Å². The third-order valence-electron chi connectivity index (χ3n) is 3.00. The molecule has 1 unspecified atom stereocenters. The molecule has 0 spiro atoms. The zero-order valence-electron chi connectivity index (χ0n) is 10.6. The summed E-state index contributed by atoms with van der Waals surface area (Å²) >= 11 is 5.78. The normalized spacial score (nSPS) is 19.4. The van der Waals surface area contributed by atoms with Crippen molar-refractivity contribution in [1.29, 1.82) is 0 Å². The molecule has 4 nitrogen and oxygen atoms in total. The number of hydrogen-bond donors (Lipinski definition) is 0. The van der Waals surface area contributed by atoms with Crippen LogP contribution in [0.3, 0.4) is 0 Å². The van der Waals surface area contributed by atoms with Gasteiger partial charge in [0, 0.05) is 18.1 Å². The van der Waals surface area contributed by atoms with Crippen LogP contribution in [0.25, 0.3) is 0 Å². The van der Waals surface area contributed by atoms with Gasteiger partial charge < -0.3 is 9.64 Å². The lowest BCUT2D eigenvalue weighted by atomic mass is 10.2. The molecule has 18 heavy (non-hydrogen) atoms. The van der Waals surface area contributed by atoms with E-state index < -0.39 is 0 Å². The van der Waals surface area contributed by atoms with E-state index in [0.29, 0.717) is 30.3 Å². The van der Waals surface area contributed by atoms with E-state index in [1.165, 1.54) is 0 Å². The average molecular weight is 269 g/mol. The number of fused-ring (bicyclic) bond motifs is 1. The molecule has 2 rings (SSSR count). The van der Waals surface area contributed by atoms with E-state index in [2.05, 4.69) is 4.98 Å². The Balaban J connectivity index is 2.36. The van der Waals surface area contributed by atoms with Crippen LogP contribution in [0.5, 0.6) is 5.88 Å². The molecule has 0 N–H and O–H groups in total. The van der Waals surface area contributed by atoms with E-state index in [4.69, 9.17) is 16.3 Å². The van der Waals surface area contributed by atoms with Gasteiger partial charge in [-0.15, -0.1) is 11.6 Å². The number of amides is 1. The van der Waals surface area contributed by atoms with Crippen LogP contribution in [0.1, 0.15) is 30.6 Å². The van der Waals surface area contributed by atoms with Crippen molar-refractivity contribution in [2.24, 2.45) is 0 Å². The predicted octanol–water partition coefficient (Wildman–Crippen LogP) is 2.32. The minimum atomic E-state index is -0.0926. The van der Waals surface area contributed by atoms with Gasteiger partial charge in [0.25, 0.3) is 5.91 Å². The lowest BCUT2D eigenvalue weighted by Gasteiger charge is -2.27. The van der Waals surface area contributed by atoms with Crippen LogP contribution < -0.4 is 4.74 Å². The highest BCUT2D eigenvalue weighted by molar-refractivity contribution is 6.17. The Hall–Kier alpha value is -1.29. The Labute approximate surface area is 112 Å². The summed E-state index contributed by atoms with van der Waals surface area (Å²) in [6.45, 7) is 4.55. The van der Waals surface area contributed by atoms with Crippen LogP contribution in [0, 0.1) is 0 Å². The van der Waals surface area contributed by atoms with Gasteiger partial charge in [0.1, 0.15) is 11.7 Å². The molecule has 1 aromatic rings. The number of rotatable bonds is 3. The molecule has 1 aromatic heterocycles. The molecule has 1 atom stereocenters. The van der Waals surface area contributed by atoms with Crippen LogP contribution in [-0.4, -0.2) is 40.4 Å². The van der Waals surface area contributed by atoms with Gasteiger partial charge in [-0.1, -0.05) is 0 Å². The molecule has 0 bridgehead atoms. The lowest BCUT2D eigenvalue weighted by molar-refractivity contribution is 0.0643. The predicted molar refractivity (Wildman–Crippen MR) is 70.2 cm³/mol. The quantitative estimate of drug-likeness (QED) is 0.790. The van der Waals surface area contributed by atoms with Crippen molar-refractivity contribution in [2.75, 3.05) is 12.4 Å². The molecule has 1 aliphatic heterocycles. The van der Waals surface area contributed by atoms with E-state index >= 15 is 0 Å².